The highest BCUT2D eigenvalue weighted by molar-refractivity contribution is 5.27. The van der Waals surface area contributed by atoms with Gasteiger partial charge in [-0.3, -0.25) is 11.3 Å². The zero-order chi connectivity index (χ0) is 13.8. The van der Waals surface area contributed by atoms with Gasteiger partial charge in [0.05, 0.1) is 26.5 Å². The fourth-order valence-corrected chi connectivity index (χ4v) is 1.69. The quantitative estimate of drug-likeness (QED) is 0.590. The van der Waals surface area contributed by atoms with Crippen LogP contribution in [0.2, 0.25) is 0 Å². The second-order valence-corrected chi connectivity index (χ2v) is 4.75. The topological polar surface area (TPSA) is 82.3 Å². The van der Waals surface area contributed by atoms with E-state index < -0.39 is 0 Å². The Morgan fingerprint density at radius 3 is 2.50 bits per heavy atom. The van der Waals surface area contributed by atoms with Gasteiger partial charge in [0.15, 0.2) is 0 Å². The minimum atomic E-state index is -0.143. The Bertz CT molecular complexity index is 396. The molecule has 1 unspecified atom stereocenters. The van der Waals surface area contributed by atoms with Crippen molar-refractivity contribution in [2.45, 2.75) is 33.2 Å². The Balaban J connectivity index is 3.21. The summed E-state index contributed by atoms with van der Waals surface area (Å²) in [6.45, 7) is 6.33. The van der Waals surface area contributed by atoms with Crippen LogP contribution in [0.15, 0.2) is 6.20 Å². The van der Waals surface area contributed by atoms with Crippen LogP contribution in [-0.4, -0.2) is 24.2 Å². The lowest BCUT2D eigenvalue weighted by atomic mass is 9.80. The number of hydrazine groups is 1. The van der Waals surface area contributed by atoms with Crippen molar-refractivity contribution in [2.75, 3.05) is 14.2 Å². The summed E-state index contributed by atoms with van der Waals surface area (Å²) in [6, 6.07) is -0.143. The van der Waals surface area contributed by atoms with Crippen molar-refractivity contribution in [3.63, 3.8) is 0 Å². The van der Waals surface area contributed by atoms with Crippen LogP contribution in [0, 0.1) is 5.41 Å². The van der Waals surface area contributed by atoms with Gasteiger partial charge in [-0.15, -0.1) is 0 Å². The second-order valence-electron chi connectivity index (χ2n) is 4.75. The molecular formula is C12H22N4O2. The predicted molar refractivity (Wildman–Crippen MR) is 69.3 cm³/mol. The van der Waals surface area contributed by atoms with Crippen molar-refractivity contribution < 1.29 is 9.47 Å². The molecule has 0 saturated heterocycles. The molecule has 1 rings (SSSR count). The third kappa shape index (κ3) is 2.88. The monoisotopic (exact) mass is 254 g/mol. The highest BCUT2D eigenvalue weighted by atomic mass is 16.5. The lowest BCUT2D eigenvalue weighted by Gasteiger charge is -2.32. The van der Waals surface area contributed by atoms with E-state index in [1.807, 2.05) is 0 Å². The van der Waals surface area contributed by atoms with Gasteiger partial charge in [-0.25, -0.2) is 4.98 Å². The van der Waals surface area contributed by atoms with Crippen LogP contribution in [0.1, 0.15) is 38.9 Å². The van der Waals surface area contributed by atoms with E-state index in [1.54, 1.807) is 13.3 Å². The number of hydrogen-bond donors (Lipinski definition) is 2. The zero-order valence-electron chi connectivity index (χ0n) is 11.7. The van der Waals surface area contributed by atoms with Gasteiger partial charge in [0.1, 0.15) is 5.69 Å². The van der Waals surface area contributed by atoms with Crippen molar-refractivity contribution in [2.24, 2.45) is 11.3 Å². The number of ether oxygens (including phenoxy) is 2. The standard InChI is InChI=1S/C12H22N4O2/c1-6-12(2,3)10(16-13)9-11(18-5)15-8(17-4)7-14-9/h7,10,16H,6,13H2,1-5H3. The summed E-state index contributed by atoms with van der Waals surface area (Å²) in [7, 11) is 3.09. The number of methoxy groups -OCH3 is 2. The molecule has 0 amide bonds. The first kappa shape index (κ1) is 14.7. The molecule has 0 saturated carbocycles. The minimum Gasteiger partial charge on any atom is -0.480 e. The normalized spacial score (nSPS) is 13.2. The second kappa shape index (κ2) is 5.97. The molecule has 0 radical (unpaired) electrons. The zero-order valence-corrected chi connectivity index (χ0v) is 11.7. The van der Waals surface area contributed by atoms with Gasteiger partial charge in [-0.05, 0) is 11.8 Å². The number of nitrogens with one attached hydrogen (secondary N) is 1. The molecule has 0 fully saturated rings. The highest BCUT2D eigenvalue weighted by Crippen LogP contribution is 2.38. The Labute approximate surface area is 108 Å². The fourth-order valence-electron chi connectivity index (χ4n) is 1.69. The van der Waals surface area contributed by atoms with Crippen LogP contribution in [0.25, 0.3) is 0 Å². The molecule has 18 heavy (non-hydrogen) atoms. The molecule has 0 bridgehead atoms. The van der Waals surface area contributed by atoms with Crippen molar-refractivity contribution in [3.8, 4) is 11.8 Å². The van der Waals surface area contributed by atoms with Gasteiger partial charge in [0.2, 0.25) is 11.8 Å². The average molecular weight is 254 g/mol. The highest BCUT2D eigenvalue weighted by Gasteiger charge is 2.32. The lowest BCUT2D eigenvalue weighted by molar-refractivity contribution is 0.223. The first-order valence-electron chi connectivity index (χ1n) is 5.91. The smallest absolute Gasteiger partial charge is 0.240 e. The van der Waals surface area contributed by atoms with E-state index in [9.17, 15) is 0 Å². The SMILES string of the molecule is CCC(C)(C)C(NN)c1ncc(OC)nc1OC. The molecule has 1 heterocycles. The molecule has 1 atom stereocenters. The molecule has 102 valence electrons. The van der Waals surface area contributed by atoms with E-state index in [-0.39, 0.29) is 11.5 Å². The van der Waals surface area contributed by atoms with Crippen LogP contribution in [0.4, 0.5) is 0 Å². The summed E-state index contributed by atoms with van der Waals surface area (Å²) in [6.07, 6.45) is 2.51. The van der Waals surface area contributed by atoms with Gasteiger partial charge >= 0.3 is 0 Å². The van der Waals surface area contributed by atoms with Gasteiger partial charge in [0.25, 0.3) is 0 Å². The minimum absolute atomic E-state index is 0.0642. The Kier molecular flexibility index (Phi) is 4.86. The number of nitrogens with zero attached hydrogens (tertiary/aromatic N) is 2. The summed E-state index contributed by atoms with van der Waals surface area (Å²) in [4.78, 5) is 8.57. The molecule has 0 aliphatic carbocycles. The number of aromatic nitrogens is 2. The molecule has 6 nitrogen and oxygen atoms in total. The van der Waals surface area contributed by atoms with Crippen molar-refractivity contribution in [1.82, 2.24) is 15.4 Å². The van der Waals surface area contributed by atoms with Crippen LogP contribution in [0.3, 0.4) is 0 Å². The summed E-state index contributed by atoms with van der Waals surface area (Å²) in [5.74, 6) is 6.50. The van der Waals surface area contributed by atoms with E-state index in [0.717, 1.165) is 6.42 Å². The van der Waals surface area contributed by atoms with E-state index in [4.69, 9.17) is 15.3 Å². The van der Waals surface area contributed by atoms with E-state index in [1.165, 1.54) is 7.11 Å². The molecule has 1 aromatic rings. The third-order valence-electron chi connectivity index (χ3n) is 3.28. The molecular weight excluding hydrogens is 232 g/mol. The van der Waals surface area contributed by atoms with E-state index in [2.05, 4.69) is 36.2 Å². The van der Waals surface area contributed by atoms with Gasteiger partial charge in [0, 0.05) is 0 Å². The van der Waals surface area contributed by atoms with Crippen molar-refractivity contribution >= 4 is 0 Å². The first-order chi connectivity index (χ1) is 8.50. The van der Waals surface area contributed by atoms with Gasteiger partial charge in [-0.2, -0.15) is 4.98 Å². The number of rotatable bonds is 6. The lowest BCUT2D eigenvalue weighted by Crippen LogP contribution is -2.39. The average Bonchev–Trinajstić information content (AvgIpc) is 2.39. The summed E-state index contributed by atoms with van der Waals surface area (Å²) >= 11 is 0. The van der Waals surface area contributed by atoms with E-state index in [0.29, 0.717) is 17.5 Å². The van der Waals surface area contributed by atoms with Gasteiger partial charge < -0.3 is 9.47 Å². The van der Waals surface area contributed by atoms with E-state index >= 15 is 0 Å². The molecule has 0 aliphatic rings. The first-order valence-corrected chi connectivity index (χ1v) is 5.91. The maximum Gasteiger partial charge on any atom is 0.240 e. The maximum absolute atomic E-state index is 5.66. The number of nitrogens with two attached hydrogens (primary N) is 1. The Hall–Kier alpha value is -1.40. The summed E-state index contributed by atoms with van der Waals surface area (Å²) < 4.78 is 10.3. The Morgan fingerprint density at radius 2 is 2.06 bits per heavy atom. The van der Waals surface area contributed by atoms with Crippen LogP contribution in [0.5, 0.6) is 11.8 Å². The molecule has 0 aliphatic heterocycles. The molecule has 0 spiro atoms. The summed E-state index contributed by atoms with van der Waals surface area (Å²) in [5.41, 5.74) is 3.42. The summed E-state index contributed by atoms with van der Waals surface area (Å²) in [5, 5.41) is 0. The van der Waals surface area contributed by atoms with Crippen molar-refractivity contribution in [3.05, 3.63) is 11.9 Å². The molecule has 3 N–H and O–H groups in total. The number of hydrogen-bond acceptors (Lipinski definition) is 6. The largest absolute Gasteiger partial charge is 0.480 e. The van der Waals surface area contributed by atoms with Crippen LogP contribution < -0.4 is 20.7 Å². The van der Waals surface area contributed by atoms with Gasteiger partial charge in [-0.1, -0.05) is 20.8 Å². The maximum atomic E-state index is 5.66. The van der Waals surface area contributed by atoms with Crippen molar-refractivity contribution in [1.29, 1.82) is 0 Å². The predicted octanol–water partition coefficient (Wildman–Crippen LogP) is 1.43. The molecule has 6 heteroatoms. The molecule has 0 aromatic carbocycles. The molecule has 1 aromatic heterocycles. The fraction of sp³-hybridized carbons (Fsp3) is 0.667. The van der Waals surface area contributed by atoms with Crippen LogP contribution >= 0.6 is 0 Å². The Morgan fingerprint density at radius 1 is 1.39 bits per heavy atom. The third-order valence-corrected chi connectivity index (χ3v) is 3.28. The van der Waals surface area contributed by atoms with Crippen LogP contribution in [-0.2, 0) is 0 Å².